The Morgan fingerprint density at radius 3 is 2.56 bits per heavy atom. The molecular weight excluding hydrogens is 503 g/mol. The van der Waals surface area contributed by atoms with Crippen LogP contribution in [-0.4, -0.2) is 71.6 Å². The SMILES string of the molecule is NC(N)=N[C@@H](C(=O)NCC(=O)N1CCN(c2cc(-c3cccc(Cl)c3Cl)[nH]n2)CC1)C1CCCCC1. The standard InChI is InChI=1S/C24H32Cl2N8O2/c25-17-8-4-7-16(21(17)26)18-13-19(32-31-18)33-9-11-34(12-10-33)20(35)14-29-23(36)22(30-24(27)28)15-5-2-1-3-6-15/h4,7-8,13,15,22H,1-3,5-6,9-12,14H2,(H,29,36)(H,31,32)(H4,27,28,30)/t22-/m1/s1. The van der Waals surface area contributed by atoms with E-state index in [0.717, 1.165) is 49.2 Å². The number of benzene rings is 1. The Labute approximate surface area is 220 Å². The summed E-state index contributed by atoms with van der Waals surface area (Å²) in [7, 11) is 0. The molecule has 1 saturated heterocycles. The molecule has 4 rings (SSSR count). The molecule has 36 heavy (non-hydrogen) atoms. The van der Waals surface area contributed by atoms with Crippen molar-refractivity contribution in [3.05, 3.63) is 34.3 Å². The van der Waals surface area contributed by atoms with Crippen LogP contribution in [0.3, 0.4) is 0 Å². The molecule has 1 aromatic carbocycles. The van der Waals surface area contributed by atoms with Crippen LogP contribution in [0.4, 0.5) is 5.82 Å². The van der Waals surface area contributed by atoms with Gasteiger partial charge in [-0.1, -0.05) is 54.6 Å². The topological polar surface area (TPSA) is 146 Å². The van der Waals surface area contributed by atoms with Crippen LogP contribution < -0.4 is 21.7 Å². The van der Waals surface area contributed by atoms with Crippen LogP contribution in [0.15, 0.2) is 29.3 Å². The van der Waals surface area contributed by atoms with Crippen molar-refractivity contribution in [3.63, 3.8) is 0 Å². The average Bonchev–Trinajstić information content (AvgIpc) is 3.38. The smallest absolute Gasteiger partial charge is 0.245 e. The second-order valence-electron chi connectivity index (χ2n) is 9.22. The number of hydrogen-bond donors (Lipinski definition) is 4. The number of H-pyrrole nitrogens is 1. The minimum atomic E-state index is -0.651. The molecule has 0 unspecified atom stereocenters. The molecule has 2 aliphatic rings. The fourth-order valence-corrected chi connectivity index (χ4v) is 5.28. The van der Waals surface area contributed by atoms with Gasteiger partial charge in [-0.15, -0.1) is 0 Å². The van der Waals surface area contributed by atoms with E-state index in [4.69, 9.17) is 34.7 Å². The molecule has 1 atom stereocenters. The summed E-state index contributed by atoms with van der Waals surface area (Å²) in [5, 5.41) is 11.1. The predicted octanol–water partition coefficient (Wildman–Crippen LogP) is 2.37. The number of nitrogens with zero attached hydrogens (tertiary/aromatic N) is 4. The van der Waals surface area contributed by atoms with E-state index in [0.29, 0.717) is 36.2 Å². The number of aliphatic imine (C=N–C) groups is 1. The fraction of sp³-hybridized carbons (Fsp3) is 0.500. The van der Waals surface area contributed by atoms with Crippen molar-refractivity contribution in [3.8, 4) is 11.3 Å². The number of hydrogen-bond acceptors (Lipinski definition) is 5. The molecule has 194 valence electrons. The van der Waals surface area contributed by atoms with Gasteiger partial charge in [0.15, 0.2) is 11.8 Å². The number of halogens is 2. The van der Waals surface area contributed by atoms with Gasteiger partial charge in [0.1, 0.15) is 6.04 Å². The van der Waals surface area contributed by atoms with E-state index in [-0.39, 0.29) is 30.2 Å². The van der Waals surface area contributed by atoms with E-state index in [2.05, 4.69) is 25.4 Å². The highest BCUT2D eigenvalue weighted by atomic mass is 35.5. The summed E-state index contributed by atoms with van der Waals surface area (Å²) in [5.74, 6) is 0.325. The minimum Gasteiger partial charge on any atom is -0.370 e. The quantitative estimate of drug-likeness (QED) is 0.316. The highest BCUT2D eigenvalue weighted by Gasteiger charge is 2.30. The number of rotatable bonds is 7. The molecule has 2 fully saturated rings. The van der Waals surface area contributed by atoms with Gasteiger partial charge in [0.25, 0.3) is 0 Å². The Bertz CT molecular complexity index is 1100. The van der Waals surface area contributed by atoms with Gasteiger partial charge in [-0.2, -0.15) is 5.10 Å². The zero-order valence-corrected chi connectivity index (χ0v) is 21.6. The summed E-state index contributed by atoms with van der Waals surface area (Å²) in [5.41, 5.74) is 12.7. The van der Waals surface area contributed by atoms with Crippen molar-refractivity contribution < 1.29 is 9.59 Å². The normalized spacial score (nSPS) is 17.5. The van der Waals surface area contributed by atoms with Crippen LogP contribution in [0.25, 0.3) is 11.3 Å². The third-order valence-corrected chi connectivity index (χ3v) is 7.65. The molecule has 1 aromatic heterocycles. The summed E-state index contributed by atoms with van der Waals surface area (Å²) in [6.07, 6.45) is 5.08. The number of aromatic nitrogens is 2. The maximum atomic E-state index is 12.8. The second kappa shape index (κ2) is 11.8. The number of nitrogens with one attached hydrogen (secondary N) is 2. The lowest BCUT2D eigenvalue weighted by Crippen LogP contribution is -2.52. The predicted molar refractivity (Wildman–Crippen MR) is 142 cm³/mol. The number of piperazine rings is 1. The molecule has 0 bridgehead atoms. The van der Waals surface area contributed by atoms with Gasteiger partial charge in [0.2, 0.25) is 11.8 Å². The van der Waals surface area contributed by atoms with Gasteiger partial charge in [-0.3, -0.25) is 14.7 Å². The van der Waals surface area contributed by atoms with E-state index in [1.165, 1.54) is 0 Å². The van der Waals surface area contributed by atoms with Crippen LogP contribution in [0.1, 0.15) is 32.1 Å². The number of anilines is 1. The van der Waals surface area contributed by atoms with Gasteiger partial charge in [-0.25, -0.2) is 4.99 Å². The molecule has 0 radical (unpaired) electrons. The number of carbonyl (C=O) groups excluding carboxylic acids is 2. The molecule has 1 aliphatic heterocycles. The Hall–Kier alpha value is -2.98. The highest BCUT2D eigenvalue weighted by Crippen LogP contribution is 2.33. The number of carbonyl (C=O) groups is 2. The molecule has 2 amide bonds. The lowest BCUT2D eigenvalue weighted by Gasteiger charge is -2.35. The average molecular weight is 535 g/mol. The summed E-state index contributed by atoms with van der Waals surface area (Å²) in [6, 6.07) is 6.72. The van der Waals surface area contributed by atoms with Gasteiger partial charge in [0, 0.05) is 37.8 Å². The first kappa shape index (κ1) is 26.1. The fourth-order valence-electron chi connectivity index (χ4n) is 4.88. The summed E-state index contributed by atoms with van der Waals surface area (Å²) >= 11 is 12.5. The molecule has 1 saturated carbocycles. The largest absolute Gasteiger partial charge is 0.370 e. The lowest BCUT2D eigenvalue weighted by atomic mass is 9.83. The maximum Gasteiger partial charge on any atom is 0.245 e. The van der Waals surface area contributed by atoms with E-state index in [1.807, 2.05) is 18.2 Å². The Morgan fingerprint density at radius 2 is 1.86 bits per heavy atom. The van der Waals surface area contributed by atoms with Crippen LogP contribution in [0, 0.1) is 5.92 Å². The number of nitrogens with two attached hydrogens (primary N) is 2. The van der Waals surface area contributed by atoms with Crippen LogP contribution in [-0.2, 0) is 9.59 Å². The number of guanidine groups is 1. The van der Waals surface area contributed by atoms with Gasteiger partial charge in [0.05, 0.1) is 22.3 Å². The number of aromatic amines is 1. The van der Waals surface area contributed by atoms with E-state index < -0.39 is 6.04 Å². The zero-order valence-electron chi connectivity index (χ0n) is 20.1. The zero-order chi connectivity index (χ0) is 25.7. The lowest BCUT2D eigenvalue weighted by molar-refractivity contribution is -0.133. The van der Waals surface area contributed by atoms with Crippen molar-refractivity contribution in [2.45, 2.75) is 38.1 Å². The minimum absolute atomic E-state index is 0.0815. The van der Waals surface area contributed by atoms with Crippen molar-refractivity contribution in [1.29, 1.82) is 0 Å². The Kier molecular flexibility index (Phi) is 8.58. The second-order valence-corrected chi connectivity index (χ2v) is 10.0. The van der Waals surface area contributed by atoms with Crippen molar-refractivity contribution >= 4 is 46.8 Å². The van der Waals surface area contributed by atoms with Crippen LogP contribution >= 0.6 is 23.2 Å². The molecule has 10 nitrogen and oxygen atoms in total. The monoisotopic (exact) mass is 534 g/mol. The third-order valence-electron chi connectivity index (χ3n) is 6.83. The van der Waals surface area contributed by atoms with E-state index in [1.54, 1.807) is 11.0 Å². The molecule has 2 heterocycles. The molecule has 12 heteroatoms. The van der Waals surface area contributed by atoms with Gasteiger partial charge < -0.3 is 26.6 Å². The maximum absolute atomic E-state index is 12.8. The molecular formula is C24H32Cl2N8O2. The van der Waals surface area contributed by atoms with E-state index >= 15 is 0 Å². The molecule has 2 aromatic rings. The van der Waals surface area contributed by atoms with Crippen molar-refractivity contribution in [2.24, 2.45) is 22.4 Å². The van der Waals surface area contributed by atoms with Crippen LogP contribution in [0.5, 0.6) is 0 Å². The molecule has 1 aliphatic carbocycles. The first-order valence-corrected chi connectivity index (χ1v) is 13.0. The Balaban J connectivity index is 1.29. The first-order chi connectivity index (χ1) is 17.3. The van der Waals surface area contributed by atoms with Crippen LogP contribution in [0.2, 0.25) is 10.0 Å². The first-order valence-electron chi connectivity index (χ1n) is 12.2. The summed E-state index contributed by atoms with van der Waals surface area (Å²) < 4.78 is 0. The molecule has 0 spiro atoms. The van der Waals surface area contributed by atoms with Crippen molar-refractivity contribution in [1.82, 2.24) is 20.4 Å². The van der Waals surface area contributed by atoms with Crippen molar-refractivity contribution in [2.75, 3.05) is 37.6 Å². The highest BCUT2D eigenvalue weighted by molar-refractivity contribution is 6.43. The summed E-state index contributed by atoms with van der Waals surface area (Å²) in [6.45, 7) is 2.20. The van der Waals surface area contributed by atoms with Gasteiger partial charge >= 0.3 is 0 Å². The Morgan fingerprint density at radius 1 is 1.14 bits per heavy atom. The third kappa shape index (κ3) is 6.22. The number of amides is 2. The summed E-state index contributed by atoms with van der Waals surface area (Å²) in [4.78, 5) is 33.6. The molecule has 6 N–H and O–H groups in total. The van der Waals surface area contributed by atoms with E-state index in [9.17, 15) is 9.59 Å². The van der Waals surface area contributed by atoms with Gasteiger partial charge in [-0.05, 0) is 24.8 Å².